The van der Waals surface area contributed by atoms with Gasteiger partial charge in [0.25, 0.3) is 5.91 Å². The van der Waals surface area contributed by atoms with E-state index in [2.05, 4.69) is 17.3 Å². The molecular weight excluding hydrogens is 338 g/mol. The average molecular weight is 363 g/mol. The van der Waals surface area contributed by atoms with Crippen LogP contribution in [0.15, 0.2) is 54.6 Å². The van der Waals surface area contributed by atoms with Crippen molar-refractivity contribution in [1.82, 2.24) is 9.80 Å². The van der Waals surface area contributed by atoms with Crippen molar-refractivity contribution in [3.05, 3.63) is 71.3 Å². The number of aryl methyl sites for hydroxylation is 1. The Bertz CT molecular complexity index is 818. The molecule has 140 valence electrons. The normalized spacial score (nSPS) is 15.1. The van der Waals surface area contributed by atoms with Gasteiger partial charge in [-0.1, -0.05) is 29.8 Å². The molecule has 0 saturated carbocycles. The lowest BCUT2D eigenvalue weighted by Gasteiger charge is -2.32. The number of likely N-dealkylation sites (N-methyl/N-ethyl adjacent to an activating group) is 1. The molecule has 0 atom stereocenters. The highest BCUT2D eigenvalue weighted by molar-refractivity contribution is 6.02. The number of hydrogen-bond donors (Lipinski definition) is 1. The minimum absolute atomic E-state index is 0.0419. The molecule has 5 nitrogen and oxygen atoms in total. The van der Waals surface area contributed by atoms with Crippen molar-refractivity contribution in [3.8, 4) is 0 Å². The summed E-state index contributed by atoms with van der Waals surface area (Å²) < 4.78 is 0. The van der Waals surface area contributed by atoms with Crippen LogP contribution in [0.3, 0.4) is 0 Å². The summed E-state index contributed by atoms with van der Waals surface area (Å²) in [6.45, 7) is 5.31. The van der Waals surface area contributed by atoms with Crippen molar-refractivity contribution in [2.45, 2.75) is 6.92 Å². The van der Waals surface area contributed by atoms with Crippen LogP contribution in [-0.4, -0.2) is 54.8 Å². The van der Waals surface area contributed by atoms with E-state index in [0.717, 1.165) is 31.7 Å². The number of rotatable bonds is 4. The first-order chi connectivity index (χ1) is 13.0. The topological polar surface area (TPSA) is 52.7 Å². The third-order valence-electron chi connectivity index (χ3n) is 4.69. The molecule has 3 rings (SSSR count). The minimum atomic E-state index is -0.200. The number of nitrogens with one attached hydrogen (secondary N) is 1. The van der Waals surface area contributed by atoms with Crippen LogP contribution in [-0.2, 0) is 4.79 Å². The summed E-state index contributed by atoms with van der Waals surface area (Å²) in [5.74, 6) is -0.158. The Hall–Kier alpha value is -2.92. The summed E-state index contributed by atoms with van der Waals surface area (Å²) in [4.78, 5) is 28.7. The highest BCUT2D eigenvalue weighted by Crippen LogP contribution is 2.13. The number of nitrogens with zero attached hydrogens (tertiary/aromatic N) is 2. The van der Waals surface area contributed by atoms with Gasteiger partial charge in [0, 0.05) is 43.5 Å². The summed E-state index contributed by atoms with van der Waals surface area (Å²) in [5, 5.41) is 2.82. The average Bonchev–Trinajstić information content (AvgIpc) is 2.68. The predicted molar refractivity (Wildman–Crippen MR) is 109 cm³/mol. The zero-order valence-corrected chi connectivity index (χ0v) is 15.8. The number of carbonyl (C=O) groups is 2. The second kappa shape index (κ2) is 8.64. The smallest absolute Gasteiger partial charge is 0.253 e. The van der Waals surface area contributed by atoms with Crippen molar-refractivity contribution in [2.75, 3.05) is 38.5 Å². The van der Waals surface area contributed by atoms with Gasteiger partial charge in [-0.3, -0.25) is 9.59 Å². The standard InChI is InChI=1S/C22H25N3O2/c1-17-3-5-18(6-4-17)7-12-21(26)23-20-10-8-19(9-11-20)22(27)25-15-13-24(2)14-16-25/h3-12H,13-16H2,1-2H3,(H,23,26)/b12-7+. The molecule has 0 aliphatic carbocycles. The maximum atomic E-state index is 12.5. The van der Waals surface area contributed by atoms with Crippen LogP contribution in [0.1, 0.15) is 21.5 Å². The second-order valence-electron chi connectivity index (χ2n) is 6.91. The van der Waals surface area contributed by atoms with Gasteiger partial charge in [-0.25, -0.2) is 0 Å². The van der Waals surface area contributed by atoms with Gasteiger partial charge in [-0.05, 0) is 49.9 Å². The van der Waals surface area contributed by atoms with Crippen molar-refractivity contribution in [3.63, 3.8) is 0 Å². The highest BCUT2D eigenvalue weighted by Gasteiger charge is 2.20. The van der Waals surface area contributed by atoms with E-state index in [0.29, 0.717) is 11.3 Å². The van der Waals surface area contributed by atoms with Gasteiger partial charge in [0.1, 0.15) is 0 Å². The summed E-state index contributed by atoms with van der Waals surface area (Å²) in [7, 11) is 2.06. The Kier molecular flexibility index (Phi) is 6.04. The predicted octanol–water partition coefficient (Wildman–Crippen LogP) is 3.03. The van der Waals surface area contributed by atoms with Crippen molar-refractivity contribution in [2.24, 2.45) is 0 Å². The Balaban J connectivity index is 1.56. The van der Waals surface area contributed by atoms with E-state index in [1.54, 1.807) is 30.3 Å². The SMILES string of the molecule is Cc1ccc(/C=C/C(=O)Nc2ccc(C(=O)N3CCN(C)CC3)cc2)cc1. The molecule has 1 aliphatic heterocycles. The van der Waals surface area contributed by atoms with Crippen molar-refractivity contribution < 1.29 is 9.59 Å². The monoisotopic (exact) mass is 363 g/mol. The van der Waals surface area contributed by atoms with Gasteiger partial charge < -0.3 is 15.1 Å². The zero-order chi connectivity index (χ0) is 19.2. The summed E-state index contributed by atoms with van der Waals surface area (Å²) in [6, 6.07) is 15.0. The number of carbonyl (C=O) groups excluding carboxylic acids is 2. The van der Waals surface area contributed by atoms with E-state index in [4.69, 9.17) is 0 Å². The third-order valence-corrected chi connectivity index (χ3v) is 4.69. The Morgan fingerprint density at radius 2 is 1.56 bits per heavy atom. The molecule has 2 amide bonds. The quantitative estimate of drug-likeness (QED) is 0.850. The van der Waals surface area contributed by atoms with Gasteiger partial charge in [-0.2, -0.15) is 0 Å². The largest absolute Gasteiger partial charge is 0.336 e. The van der Waals surface area contributed by atoms with E-state index in [9.17, 15) is 9.59 Å². The Morgan fingerprint density at radius 1 is 0.926 bits per heavy atom. The molecule has 1 aliphatic rings. The van der Waals surface area contributed by atoms with E-state index in [1.165, 1.54) is 11.6 Å². The fourth-order valence-electron chi connectivity index (χ4n) is 2.92. The summed E-state index contributed by atoms with van der Waals surface area (Å²) in [5.41, 5.74) is 3.47. The lowest BCUT2D eigenvalue weighted by Crippen LogP contribution is -2.47. The molecule has 0 bridgehead atoms. The zero-order valence-electron chi connectivity index (χ0n) is 15.8. The van der Waals surface area contributed by atoms with Crippen LogP contribution < -0.4 is 5.32 Å². The lowest BCUT2D eigenvalue weighted by atomic mass is 10.1. The van der Waals surface area contributed by atoms with E-state index in [-0.39, 0.29) is 11.8 Å². The van der Waals surface area contributed by atoms with Crippen LogP contribution >= 0.6 is 0 Å². The Labute approximate surface area is 160 Å². The number of anilines is 1. The van der Waals surface area contributed by atoms with Gasteiger partial charge in [0.2, 0.25) is 5.91 Å². The van der Waals surface area contributed by atoms with Crippen LogP contribution in [0.2, 0.25) is 0 Å². The van der Waals surface area contributed by atoms with E-state index < -0.39 is 0 Å². The number of piperazine rings is 1. The van der Waals surface area contributed by atoms with Crippen molar-refractivity contribution >= 4 is 23.6 Å². The van der Waals surface area contributed by atoms with Gasteiger partial charge in [0.05, 0.1) is 0 Å². The summed E-state index contributed by atoms with van der Waals surface area (Å²) >= 11 is 0. The molecule has 27 heavy (non-hydrogen) atoms. The lowest BCUT2D eigenvalue weighted by molar-refractivity contribution is -0.111. The maximum Gasteiger partial charge on any atom is 0.253 e. The van der Waals surface area contributed by atoms with Gasteiger partial charge >= 0.3 is 0 Å². The molecule has 2 aromatic rings. The Morgan fingerprint density at radius 3 is 2.19 bits per heavy atom. The van der Waals surface area contributed by atoms with E-state index >= 15 is 0 Å². The van der Waals surface area contributed by atoms with Crippen LogP contribution in [0, 0.1) is 6.92 Å². The first-order valence-corrected chi connectivity index (χ1v) is 9.15. The van der Waals surface area contributed by atoms with Crippen LogP contribution in [0.25, 0.3) is 6.08 Å². The van der Waals surface area contributed by atoms with Crippen LogP contribution in [0.5, 0.6) is 0 Å². The number of hydrogen-bond acceptors (Lipinski definition) is 3. The summed E-state index contributed by atoms with van der Waals surface area (Å²) in [6.07, 6.45) is 3.29. The molecule has 0 radical (unpaired) electrons. The van der Waals surface area contributed by atoms with Crippen LogP contribution in [0.4, 0.5) is 5.69 Å². The maximum absolute atomic E-state index is 12.5. The fraction of sp³-hybridized carbons (Fsp3) is 0.273. The molecule has 1 fully saturated rings. The minimum Gasteiger partial charge on any atom is -0.336 e. The molecule has 0 aromatic heterocycles. The van der Waals surface area contributed by atoms with Gasteiger partial charge in [-0.15, -0.1) is 0 Å². The van der Waals surface area contributed by atoms with Crippen molar-refractivity contribution in [1.29, 1.82) is 0 Å². The first-order valence-electron chi connectivity index (χ1n) is 9.15. The first kappa shape index (κ1) is 18.9. The molecule has 5 heteroatoms. The van der Waals surface area contributed by atoms with E-state index in [1.807, 2.05) is 36.1 Å². The third kappa shape index (κ3) is 5.28. The molecular formula is C22H25N3O2. The molecule has 1 N–H and O–H groups in total. The van der Waals surface area contributed by atoms with Gasteiger partial charge in [0.15, 0.2) is 0 Å². The highest BCUT2D eigenvalue weighted by atomic mass is 16.2. The fourth-order valence-corrected chi connectivity index (χ4v) is 2.92. The molecule has 1 heterocycles. The number of amides is 2. The molecule has 0 unspecified atom stereocenters. The molecule has 0 spiro atoms. The second-order valence-corrected chi connectivity index (χ2v) is 6.91. The molecule has 2 aromatic carbocycles. The number of benzene rings is 2. The molecule has 1 saturated heterocycles.